The van der Waals surface area contributed by atoms with Crippen LogP contribution in [0.4, 0.5) is 14.5 Å². The molecule has 0 saturated heterocycles. The second-order valence-corrected chi connectivity index (χ2v) is 4.08. The van der Waals surface area contributed by atoms with Crippen LogP contribution in [0.2, 0.25) is 0 Å². The van der Waals surface area contributed by atoms with Crippen molar-refractivity contribution in [3.63, 3.8) is 0 Å². The van der Waals surface area contributed by atoms with Gasteiger partial charge in [0, 0.05) is 23.9 Å². The summed E-state index contributed by atoms with van der Waals surface area (Å²) in [5, 5.41) is 2.58. The Kier molecular flexibility index (Phi) is 3.75. The van der Waals surface area contributed by atoms with E-state index >= 15 is 0 Å². The van der Waals surface area contributed by atoms with Crippen molar-refractivity contribution < 1.29 is 13.6 Å². The lowest BCUT2D eigenvalue weighted by molar-refractivity contribution is 0.0950. The molecule has 0 saturated carbocycles. The maximum Gasteiger partial charge on any atom is 0.251 e. The van der Waals surface area contributed by atoms with E-state index in [1.807, 2.05) is 0 Å². The second-order valence-electron chi connectivity index (χ2n) is 4.08. The molecule has 2 aromatic rings. The average Bonchev–Trinajstić information content (AvgIpc) is 2.36. The van der Waals surface area contributed by atoms with Crippen LogP contribution < -0.4 is 11.1 Å². The minimum atomic E-state index is -0.780. The third-order valence-electron chi connectivity index (χ3n) is 2.56. The van der Waals surface area contributed by atoms with Crippen LogP contribution in [0.1, 0.15) is 15.9 Å². The first-order valence-corrected chi connectivity index (χ1v) is 5.63. The number of anilines is 1. The maximum absolute atomic E-state index is 13.0. The quantitative estimate of drug-likeness (QED) is 0.835. The molecule has 2 rings (SSSR count). The van der Waals surface area contributed by atoms with Crippen LogP contribution in [0.25, 0.3) is 0 Å². The molecule has 0 bridgehead atoms. The molecule has 0 fully saturated rings. The smallest absolute Gasteiger partial charge is 0.251 e. The van der Waals surface area contributed by atoms with Gasteiger partial charge in [0.05, 0.1) is 0 Å². The van der Waals surface area contributed by atoms with Gasteiger partial charge in [0.15, 0.2) is 0 Å². The van der Waals surface area contributed by atoms with Crippen molar-refractivity contribution in [1.82, 2.24) is 5.32 Å². The van der Waals surface area contributed by atoms with Crippen LogP contribution in [-0.4, -0.2) is 5.91 Å². The number of nitrogens with two attached hydrogens (primary N) is 1. The largest absolute Gasteiger partial charge is 0.399 e. The Morgan fingerprint density at radius 2 is 1.63 bits per heavy atom. The van der Waals surface area contributed by atoms with Gasteiger partial charge in [0.2, 0.25) is 0 Å². The number of carbonyl (C=O) groups is 1. The van der Waals surface area contributed by atoms with Gasteiger partial charge in [0.1, 0.15) is 11.6 Å². The van der Waals surface area contributed by atoms with Crippen molar-refractivity contribution in [2.45, 2.75) is 6.54 Å². The standard InChI is InChI=1S/C14H12F2N2O/c15-11-5-10(6-12(16)7-11)14(19)18-8-9-1-3-13(17)4-2-9/h1-7H,8,17H2,(H,18,19). The highest BCUT2D eigenvalue weighted by atomic mass is 19.1. The van der Waals surface area contributed by atoms with Gasteiger partial charge < -0.3 is 11.1 Å². The van der Waals surface area contributed by atoms with Gasteiger partial charge in [-0.3, -0.25) is 4.79 Å². The summed E-state index contributed by atoms with van der Waals surface area (Å²) in [6.45, 7) is 0.261. The molecule has 3 nitrogen and oxygen atoms in total. The first-order chi connectivity index (χ1) is 9.04. The number of amides is 1. The minimum Gasteiger partial charge on any atom is -0.399 e. The Labute approximate surface area is 109 Å². The summed E-state index contributed by atoms with van der Waals surface area (Å²) in [5.41, 5.74) is 6.96. The molecule has 0 atom stereocenters. The van der Waals surface area contributed by atoms with E-state index in [4.69, 9.17) is 5.73 Å². The van der Waals surface area contributed by atoms with Crippen LogP contribution in [0.3, 0.4) is 0 Å². The molecule has 0 aliphatic heterocycles. The zero-order valence-corrected chi connectivity index (χ0v) is 9.99. The molecule has 0 aromatic heterocycles. The normalized spacial score (nSPS) is 10.2. The van der Waals surface area contributed by atoms with Gasteiger partial charge >= 0.3 is 0 Å². The fourth-order valence-electron chi connectivity index (χ4n) is 1.60. The molecular formula is C14H12F2N2O. The molecule has 19 heavy (non-hydrogen) atoms. The van der Waals surface area contributed by atoms with Crippen LogP contribution in [-0.2, 0) is 6.54 Å². The number of benzene rings is 2. The topological polar surface area (TPSA) is 55.1 Å². The summed E-state index contributed by atoms with van der Waals surface area (Å²) in [6, 6.07) is 9.65. The number of nitrogen functional groups attached to an aromatic ring is 1. The lowest BCUT2D eigenvalue weighted by atomic mass is 10.1. The van der Waals surface area contributed by atoms with Gasteiger partial charge in [-0.15, -0.1) is 0 Å². The van der Waals surface area contributed by atoms with Crippen molar-refractivity contribution in [3.8, 4) is 0 Å². The van der Waals surface area contributed by atoms with Crippen LogP contribution >= 0.6 is 0 Å². The molecular weight excluding hydrogens is 250 g/mol. The summed E-state index contributed by atoms with van der Waals surface area (Å²) < 4.78 is 25.9. The van der Waals surface area contributed by atoms with E-state index in [0.717, 1.165) is 23.8 Å². The van der Waals surface area contributed by atoms with Gasteiger partial charge in [-0.1, -0.05) is 12.1 Å². The molecule has 0 aliphatic carbocycles. The fourth-order valence-corrected chi connectivity index (χ4v) is 1.60. The Hall–Kier alpha value is -2.43. The third kappa shape index (κ3) is 3.51. The minimum absolute atomic E-state index is 0.0482. The van der Waals surface area contributed by atoms with Crippen molar-refractivity contribution in [3.05, 3.63) is 65.2 Å². The summed E-state index contributed by atoms with van der Waals surface area (Å²) >= 11 is 0. The van der Waals surface area contributed by atoms with E-state index < -0.39 is 17.5 Å². The average molecular weight is 262 g/mol. The first kappa shape index (κ1) is 13.0. The van der Waals surface area contributed by atoms with E-state index in [9.17, 15) is 13.6 Å². The van der Waals surface area contributed by atoms with Crippen LogP contribution in [0.5, 0.6) is 0 Å². The Morgan fingerprint density at radius 1 is 1.05 bits per heavy atom. The number of halogens is 2. The molecule has 0 aliphatic rings. The molecule has 98 valence electrons. The number of rotatable bonds is 3. The lowest BCUT2D eigenvalue weighted by Crippen LogP contribution is -2.23. The molecule has 0 unspecified atom stereocenters. The molecule has 3 N–H and O–H groups in total. The van der Waals surface area contributed by atoms with Gasteiger partial charge in [-0.2, -0.15) is 0 Å². The Morgan fingerprint density at radius 3 is 2.21 bits per heavy atom. The Bertz CT molecular complexity index is 577. The summed E-state index contributed by atoms with van der Waals surface area (Å²) in [6.07, 6.45) is 0. The fraction of sp³-hybridized carbons (Fsp3) is 0.0714. The van der Waals surface area contributed by atoms with Crippen LogP contribution in [0.15, 0.2) is 42.5 Å². The van der Waals surface area contributed by atoms with Gasteiger partial charge in [-0.05, 0) is 29.8 Å². The zero-order chi connectivity index (χ0) is 13.8. The third-order valence-corrected chi connectivity index (χ3v) is 2.56. The number of hydrogen-bond acceptors (Lipinski definition) is 2. The predicted octanol–water partition coefficient (Wildman–Crippen LogP) is 2.48. The highest BCUT2D eigenvalue weighted by molar-refractivity contribution is 5.94. The van der Waals surface area contributed by atoms with Crippen LogP contribution in [0, 0.1) is 11.6 Å². The summed E-state index contributed by atoms with van der Waals surface area (Å²) in [7, 11) is 0. The van der Waals surface area contributed by atoms with Crippen molar-refractivity contribution >= 4 is 11.6 Å². The van der Waals surface area contributed by atoms with Crippen molar-refractivity contribution in [2.75, 3.05) is 5.73 Å². The Balaban J connectivity index is 2.03. The van der Waals surface area contributed by atoms with Crippen molar-refractivity contribution in [1.29, 1.82) is 0 Å². The number of carbonyl (C=O) groups excluding carboxylic acids is 1. The SMILES string of the molecule is Nc1ccc(CNC(=O)c2cc(F)cc(F)c2)cc1. The summed E-state index contributed by atoms with van der Waals surface area (Å²) in [5.74, 6) is -2.09. The maximum atomic E-state index is 13.0. The van der Waals surface area contributed by atoms with E-state index in [1.54, 1.807) is 24.3 Å². The number of nitrogens with one attached hydrogen (secondary N) is 1. The second kappa shape index (κ2) is 5.48. The predicted molar refractivity (Wildman–Crippen MR) is 68.4 cm³/mol. The number of hydrogen-bond donors (Lipinski definition) is 2. The zero-order valence-electron chi connectivity index (χ0n) is 9.99. The molecule has 2 aromatic carbocycles. The monoisotopic (exact) mass is 262 g/mol. The molecule has 1 amide bonds. The van der Waals surface area contributed by atoms with E-state index in [-0.39, 0.29) is 12.1 Å². The van der Waals surface area contributed by atoms with E-state index in [0.29, 0.717) is 5.69 Å². The molecule has 0 spiro atoms. The van der Waals surface area contributed by atoms with Crippen molar-refractivity contribution in [2.24, 2.45) is 0 Å². The van der Waals surface area contributed by atoms with E-state index in [2.05, 4.69) is 5.32 Å². The summed E-state index contributed by atoms with van der Waals surface area (Å²) in [4.78, 5) is 11.7. The van der Waals surface area contributed by atoms with Gasteiger partial charge in [0.25, 0.3) is 5.91 Å². The lowest BCUT2D eigenvalue weighted by Gasteiger charge is -2.06. The van der Waals surface area contributed by atoms with Gasteiger partial charge in [-0.25, -0.2) is 8.78 Å². The van der Waals surface area contributed by atoms with E-state index in [1.165, 1.54) is 0 Å². The molecule has 0 heterocycles. The highest BCUT2D eigenvalue weighted by Gasteiger charge is 2.08. The molecule has 0 radical (unpaired) electrons. The first-order valence-electron chi connectivity index (χ1n) is 5.63. The highest BCUT2D eigenvalue weighted by Crippen LogP contribution is 2.09. The molecule has 5 heteroatoms.